The van der Waals surface area contributed by atoms with Crippen LogP contribution in [0.25, 0.3) is 0 Å². The first-order chi connectivity index (χ1) is 9.43. The zero-order valence-electron chi connectivity index (χ0n) is 13.7. The molecule has 0 aliphatic heterocycles. The first-order valence-electron chi connectivity index (χ1n) is 7.54. The summed E-state index contributed by atoms with van der Waals surface area (Å²) in [5, 5.41) is 0. The van der Waals surface area contributed by atoms with Gasteiger partial charge in [0, 0.05) is 31.9 Å². The fourth-order valence-corrected chi connectivity index (χ4v) is 2.35. The van der Waals surface area contributed by atoms with Crippen LogP contribution in [0.2, 0.25) is 0 Å². The van der Waals surface area contributed by atoms with Crippen molar-refractivity contribution in [2.75, 3.05) is 38.6 Å². The molecule has 0 saturated carbocycles. The van der Waals surface area contributed by atoms with Gasteiger partial charge in [0.2, 0.25) is 0 Å². The molecule has 1 aromatic heterocycles. The summed E-state index contributed by atoms with van der Waals surface area (Å²) in [6, 6.07) is 2.41. The molecule has 1 heterocycles. The van der Waals surface area contributed by atoms with Crippen LogP contribution in [0.4, 0.5) is 5.82 Å². The lowest BCUT2D eigenvalue weighted by molar-refractivity contribution is 0.412. The van der Waals surface area contributed by atoms with E-state index in [4.69, 9.17) is 5.73 Å². The van der Waals surface area contributed by atoms with Crippen LogP contribution >= 0.6 is 0 Å². The second-order valence-electron chi connectivity index (χ2n) is 5.96. The van der Waals surface area contributed by atoms with Gasteiger partial charge >= 0.3 is 0 Å². The molecule has 0 aromatic carbocycles. The zero-order chi connectivity index (χ0) is 15.1. The first-order valence-corrected chi connectivity index (χ1v) is 7.54. The smallest absolute Gasteiger partial charge is 0.131 e. The highest BCUT2D eigenvalue weighted by molar-refractivity contribution is 5.47. The lowest BCUT2D eigenvalue weighted by Gasteiger charge is -2.26. The molecule has 0 saturated heterocycles. The normalized spacial score (nSPS) is 12.8. The second kappa shape index (κ2) is 8.22. The van der Waals surface area contributed by atoms with Crippen molar-refractivity contribution < 1.29 is 0 Å². The average molecular weight is 278 g/mol. The maximum Gasteiger partial charge on any atom is 0.131 e. The van der Waals surface area contributed by atoms with E-state index < -0.39 is 0 Å². The molecule has 1 aromatic rings. The van der Waals surface area contributed by atoms with Gasteiger partial charge < -0.3 is 15.5 Å². The number of aryl methyl sites for hydroxylation is 1. The zero-order valence-corrected chi connectivity index (χ0v) is 13.7. The van der Waals surface area contributed by atoms with E-state index >= 15 is 0 Å². The summed E-state index contributed by atoms with van der Waals surface area (Å²) in [7, 11) is 4.21. The Balaban J connectivity index is 2.84. The molecule has 0 aliphatic carbocycles. The summed E-state index contributed by atoms with van der Waals surface area (Å²) >= 11 is 0. The number of nitrogens with two attached hydrogens (primary N) is 1. The highest BCUT2D eigenvalue weighted by Crippen LogP contribution is 2.19. The third kappa shape index (κ3) is 5.47. The summed E-state index contributed by atoms with van der Waals surface area (Å²) in [4.78, 5) is 9.27. The van der Waals surface area contributed by atoms with Crippen molar-refractivity contribution in [1.82, 2.24) is 9.88 Å². The summed E-state index contributed by atoms with van der Waals surface area (Å²) in [6.45, 7) is 9.50. The Morgan fingerprint density at radius 1 is 1.25 bits per heavy atom. The van der Waals surface area contributed by atoms with Gasteiger partial charge in [0.05, 0.1) is 0 Å². The minimum Gasteiger partial charge on any atom is -0.355 e. The van der Waals surface area contributed by atoms with Crippen molar-refractivity contribution in [2.24, 2.45) is 5.73 Å². The van der Waals surface area contributed by atoms with Gasteiger partial charge in [-0.2, -0.15) is 0 Å². The summed E-state index contributed by atoms with van der Waals surface area (Å²) in [5.74, 6) is 1.11. The molecule has 0 spiro atoms. The van der Waals surface area contributed by atoms with Gasteiger partial charge in [-0.1, -0.05) is 13.0 Å². The molecule has 4 nitrogen and oxygen atoms in total. The Morgan fingerprint density at radius 2 is 1.95 bits per heavy atom. The van der Waals surface area contributed by atoms with Gasteiger partial charge in [-0.3, -0.25) is 0 Å². The van der Waals surface area contributed by atoms with Crippen LogP contribution in [-0.4, -0.2) is 49.7 Å². The molecular formula is C16H30N4. The molecule has 114 valence electrons. The molecule has 4 heteroatoms. The molecule has 1 atom stereocenters. The lowest BCUT2D eigenvalue weighted by Crippen LogP contribution is -2.33. The molecule has 0 radical (unpaired) electrons. The van der Waals surface area contributed by atoms with E-state index in [1.54, 1.807) is 0 Å². The van der Waals surface area contributed by atoms with E-state index in [2.05, 4.69) is 48.8 Å². The number of anilines is 1. The Bertz CT molecular complexity index is 401. The monoisotopic (exact) mass is 278 g/mol. The fourth-order valence-electron chi connectivity index (χ4n) is 2.35. The summed E-state index contributed by atoms with van der Waals surface area (Å²) in [6.07, 6.45) is 4.00. The predicted molar refractivity (Wildman–Crippen MR) is 87.4 cm³/mol. The third-order valence-corrected chi connectivity index (χ3v) is 3.28. The van der Waals surface area contributed by atoms with Crippen LogP contribution in [0, 0.1) is 6.92 Å². The quantitative estimate of drug-likeness (QED) is 0.790. The number of aromatic nitrogens is 1. The van der Waals surface area contributed by atoms with Crippen LogP contribution in [-0.2, 0) is 6.42 Å². The summed E-state index contributed by atoms with van der Waals surface area (Å²) in [5.41, 5.74) is 8.33. The third-order valence-electron chi connectivity index (χ3n) is 3.28. The first kappa shape index (κ1) is 16.9. The molecule has 0 fully saturated rings. The van der Waals surface area contributed by atoms with Crippen molar-refractivity contribution in [2.45, 2.75) is 39.7 Å². The van der Waals surface area contributed by atoms with Crippen molar-refractivity contribution in [1.29, 1.82) is 0 Å². The number of hydrogen-bond donors (Lipinski definition) is 1. The van der Waals surface area contributed by atoms with Gasteiger partial charge in [-0.25, -0.2) is 4.98 Å². The largest absolute Gasteiger partial charge is 0.355 e. The highest BCUT2D eigenvalue weighted by atomic mass is 15.2. The van der Waals surface area contributed by atoms with Gasteiger partial charge in [-0.15, -0.1) is 0 Å². The van der Waals surface area contributed by atoms with Gasteiger partial charge in [-0.05, 0) is 51.9 Å². The molecule has 0 amide bonds. The number of likely N-dealkylation sites (N-methyl/N-ethyl adjacent to an activating group) is 1. The SMILES string of the molecule is CCCN(CCN(C)C)c1ncc(CC(C)N)cc1C. The number of hydrogen-bond acceptors (Lipinski definition) is 4. The van der Waals surface area contributed by atoms with Crippen molar-refractivity contribution >= 4 is 5.82 Å². The maximum atomic E-state index is 5.86. The summed E-state index contributed by atoms with van der Waals surface area (Å²) < 4.78 is 0. The Kier molecular flexibility index (Phi) is 6.96. The molecule has 2 N–H and O–H groups in total. The highest BCUT2D eigenvalue weighted by Gasteiger charge is 2.11. The Hall–Kier alpha value is -1.13. The Morgan fingerprint density at radius 3 is 2.45 bits per heavy atom. The number of nitrogens with zero attached hydrogens (tertiary/aromatic N) is 3. The molecule has 0 aliphatic rings. The number of rotatable bonds is 8. The molecule has 1 unspecified atom stereocenters. The van der Waals surface area contributed by atoms with Crippen molar-refractivity contribution in [3.8, 4) is 0 Å². The van der Waals surface area contributed by atoms with Crippen LogP contribution < -0.4 is 10.6 Å². The van der Waals surface area contributed by atoms with Crippen LogP contribution in [0.15, 0.2) is 12.3 Å². The number of pyridine rings is 1. The van der Waals surface area contributed by atoms with Gasteiger partial charge in [0.25, 0.3) is 0 Å². The van der Waals surface area contributed by atoms with E-state index in [1.165, 1.54) is 11.1 Å². The van der Waals surface area contributed by atoms with Crippen LogP contribution in [0.3, 0.4) is 0 Å². The van der Waals surface area contributed by atoms with Gasteiger partial charge in [0.1, 0.15) is 5.82 Å². The van der Waals surface area contributed by atoms with Crippen LogP contribution in [0.5, 0.6) is 0 Å². The molecule has 0 bridgehead atoms. The molecule has 1 rings (SSSR count). The minimum atomic E-state index is 0.183. The van der Waals surface area contributed by atoms with Crippen molar-refractivity contribution in [3.05, 3.63) is 23.4 Å². The van der Waals surface area contributed by atoms with Gasteiger partial charge in [0.15, 0.2) is 0 Å². The van der Waals surface area contributed by atoms with Crippen LogP contribution in [0.1, 0.15) is 31.4 Å². The predicted octanol–water partition coefficient (Wildman–Crippen LogP) is 2.06. The Labute approximate surface area is 124 Å². The van der Waals surface area contributed by atoms with E-state index in [0.717, 1.165) is 38.3 Å². The van der Waals surface area contributed by atoms with Crippen molar-refractivity contribution in [3.63, 3.8) is 0 Å². The maximum absolute atomic E-state index is 5.86. The molecular weight excluding hydrogens is 248 g/mol. The topological polar surface area (TPSA) is 45.4 Å². The second-order valence-corrected chi connectivity index (χ2v) is 5.96. The van der Waals surface area contributed by atoms with E-state index in [9.17, 15) is 0 Å². The van der Waals surface area contributed by atoms with E-state index in [1.807, 2.05) is 13.1 Å². The standard InChI is InChI=1S/C16H30N4/c1-6-7-20(9-8-19(4)5)16-13(2)10-15(12-18-16)11-14(3)17/h10,12,14H,6-9,11,17H2,1-5H3. The average Bonchev–Trinajstić information content (AvgIpc) is 2.34. The fraction of sp³-hybridized carbons (Fsp3) is 0.688. The lowest BCUT2D eigenvalue weighted by atomic mass is 10.1. The van der Waals surface area contributed by atoms with E-state index in [0.29, 0.717) is 0 Å². The molecule has 20 heavy (non-hydrogen) atoms. The van der Waals surface area contributed by atoms with E-state index in [-0.39, 0.29) is 6.04 Å². The minimum absolute atomic E-state index is 0.183.